The summed E-state index contributed by atoms with van der Waals surface area (Å²) in [6.45, 7) is 4.93. The van der Waals surface area contributed by atoms with Crippen LogP contribution in [0, 0.1) is 0 Å². The summed E-state index contributed by atoms with van der Waals surface area (Å²) in [6.07, 6.45) is 87.0. The van der Waals surface area contributed by atoms with E-state index in [1.165, 1.54) is 334 Å². The van der Waals surface area contributed by atoms with E-state index in [4.69, 9.17) is 4.74 Å². The lowest BCUT2D eigenvalue weighted by Crippen LogP contribution is -2.45. The summed E-state index contributed by atoms with van der Waals surface area (Å²) in [5.74, 6) is -0.0471. The fourth-order valence-corrected chi connectivity index (χ4v) is 11.5. The van der Waals surface area contributed by atoms with Gasteiger partial charge < -0.3 is 20.3 Å². The van der Waals surface area contributed by atoms with Gasteiger partial charge in [0.1, 0.15) is 0 Å². The molecule has 2 unspecified atom stereocenters. The maximum absolute atomic E-state index is 12.5. The molecule has 0 aromatic heterocycles. The highest BCUT2D eigenvalue weighted by Crippen LogP contribution is 2.19. The van der Waals surface area contributed by atoms with Crippen LogP contribution in [-0.2, 0) is 14.3 Å². The number of hydrogen-bond donors (Lipinski definition) is 3. The number of amides is 1. The minimum absolute atomic E-state index is 0.0134. The number of unbranched alkanes of at least 4 members (excludes halogenated alkanes) is 55. The van der Waals surface area contributed by atoms with Gasteiger partial charge in [0.2, 0.25) is 5.91 Å². The molecule has 3 N–H and O–H groups in total. The normalized spacial score (nSPS) is 12.6. The van der Waals surface area contributed by atoms with Crippen LogP contribution in [0.2, 0.25) is 0 Å². The number of ether oxygens (including phenoxy) is 1. The van der Waals surface area contributed by atoms with Crippen LogP contribution in [0.5, 0.6) is 0 Å². The van der Waals surface area contributed by atoms with Crippen LogP contribution in [-0.4, -0.2) is 47.4 Å². The van der Waals surface area contributed by atoms with Crippen molar-refractivity contribution in [2.24, 2.45) is 0 Å². The lowest BCUT2D eigenvalue weighted by molar-refractivity contribution is -0.143. The van der Waals surface area contributed by atoms with Gasteiger partial charge in [0, 0.05) is 12.8 Å². The van der Waals surface area contributed by atoms with E-state index < -0.39 is 12.1 Å². The third kappa shape index (κ3) is 65.4. The van der Waals surface area contributed by atoms with E-state index in [9.17, 15) is 19.8 Å². The monoisotopic (exact) mass is 1110 g/mol. The van der Waals surface area contributed by atoms with Crippen molar-refractivity contribution < 1.29 is 24.5 Å². The van der Waals surface area contributed by atoms with Gasteiger partial charge in [-0.05, 0) is 57.8 Å². The van der Waals surface area contributed by atoms with Gasteiger partial charge in [-0.2, -0.15) is 0 Å². The van der Waals surface area contributed by atoms with Gasteiger partial charge in [-0.1, -0.05) is 359 Å². The van der Waals surface area contributed by atoms with Crippen LogP contribution in [0.4, 0.5) is 0 Å². The predicted octanol–water partition coefficient (Wildman–Crippen LogP) is 23.3. The Bertz CT molecular complexity index is 1230. The SMILES string of the molecule is CCCCCCC/C=C\CCCCCCCC(=O)OCCCCCCCCCCCCCCCCCCCCCCCCCCCCCCCCCCCC(=O)NC(CO)C(O)/C=C/CCCCCCCCCCCCCCC. The molecule has 0 aliphatic rings. The van der Waals surface area contributed by atoms with E-state index in [2.05, 4.69) is 31.3 Å². The smallest absolute Gasteiger partial charge is 0.305 e. The molecule has 6 nitrogen and oxygen atoms in total. The molecule has 0 heterocycles. The fraction of sp³-hybridized carbons (Fsp3) is 0.918. The minimum atomic E-state index is -0.840. The van der Waals surface area contributed by atoms with E-state index in [0.29, 0.717) is 19.4 Å². The van der Waals surface area contributed by atoms with Crippen LogP contribution in [0.1, 0.15) is 406 Å². The summed E-state index contributed by atoms with van der Waals surface area (Å²) >= 11 is 0. The molecule has 0 radical (unpaired) electrons. The van der Waals surface area contributed by atoms with Crippen LogP contribution in [0.15, 0.2) is 24.3 Å². The van der Waals surface area contributed by atoms with Gasteiger partial charge in [0.25, 0.3) is 0 Å². The molecule has 79 heavy (non-hydrogen) atoms. The first-order chi connectivity index (χ1) is 39.0. The zero-order valence-corrected chi connectivity index (χ0v) is 53.6. The van der Waals surface area contributed by atoms with Crippen molar-refractivity contribution in [1.29, 1.82) is 0 Å². The molecule has 0 bridgehead atoms. The highest BCUT2D eigenvalue weighted by atomic mass is 16.5. The number of hydrogen-bond acceptors (Lipinski definition) is 5. The fourth-order valence-electron chi connectivity index (χ4n) is 11.5. The average molecular weight is 1110 g/mol. The molecule has 0 fully saturated rings. The third-order valence-corrected chi connectivity index (χ3v) is 17.0. The Hall–Kier alpha value is -1.66. The Morgan fingerprint density at radius 2 is 0.595 bits per heavy atom. The largest absolute Gasteiger partial charge is 0.466 e. The Morgan fingerprint density at radius 3 is 0.899 bits per heavy atom. The van der Waals surface area contributed by atoms with Crippen molar-refractivity contribution in [3.63, 3.8) is 0 Å². The number of rotatable bonds is 68. The van der Waals surface area contributed by atoms with Crippen LogP contribution in [0.3, 0.4) is 0 Å². The van der Waals surface area contributed by atoms with E-state index in [-0.39, 0.29) is 18.5 Å². The van der Waals surface area contributed by atoms with Gasteiger partial charge in [-0.25, -0.2) is 0 Å². The van der Waals surface area contributed by atoms with Crippen molar-refractivity contribution in [2.75, 3.05) is 13.2 Å². The standard InChI is InChI=1S/C73H141NO5/c1-3-5-7-9-11-13-15-17-38-41-45-49-53-57-61-65-71(76)70(69-75)74-72(77)66-62-58-54-50-46-42-39-36-34-32-30-28-26-24-22-20-19-21-23-25-27-29-31-33-35-37-40-44-48-52-56-60-64-68-79-73(78)67-63-59-55-51-47-43-18-16-14-12-10-8-6-4-2/h16,18,61,65,70-71,75-76H,3-15,17,19-60,62-64,66-69H2,1-2H3,(H,74,77)/b18-16-,65-61+. The maximum atomic E-state index is 12.5. The Morgan fingerprint density at radius 1 is 0.342 bits per heavy atom. The Kier molecular flexibility index (Phi) is 67.4. The average Bonchev–Trinajstić information content (AvgIpc) is 3.45. The number of carbonyl (C=O) groups is 2. The van der Waals surface area contributed by atoms with Gasteiger partial charge in [0.15, 0.2) is 0 Å². The summed E-state index contributed by atoms with van der Waals surface area (Å²) in [5, 5.41) is 23.2. The predicted molar refractivity (Wildman–Crippen MR) is 347 cm³/mol. The number of aliphatic hydroxyl groups excluding tert-OH is 2. The highest BCUT2D eigenvalue weighted by Gasteiger charge is 2.18. The van der Waals surface area contributed by atoms with Crippen LogP contribution >= 0.6 is 0 Å². The minimum Gasteiger partial charge on any atom is -0.466 e. The molecule has 0 aliphatic carbocycles. The highest BCUT2D eigenvalue weighted by molar-refractivity contribution is 5.76. The number of esters is 1. The molecular weight excluding hydrogens is 971 g/mol. The summed E-state index contributed by atoms with van der Waals surface area (Å²) in [6, 6.07) is -0.623. The lowest BCUT2D eigenvalue weighted by Gasteiger charge is -2.20. The van der Waals surface area contributed by atoms with Crippen molar-refractivity contribution in [1.82, 2.24) is 5.32 Å². The molecular formula is C73H141NO5. The third-order valence-electron chi connectivity index (χ3n) is 17.0. The zero-order valence-electron chi connectivity index (χ0n) is 53.6. The van der Waals surface area contributed by atoms with Crippen molar-refractivity contribution in [3.05, 3.63) is 24.3 Å². The second kappa shape index (κ2) is 68.8. The van der Waals surface area contributed by atoms with Crippen LogP contribution in [0.25, 0.3) is 0 Å². The van der Waals surface area contributed by atoms with E-state index in [0.717, 1.165) is 44.9 Å². The van der Waals surface area contributed by atoms with Gasteiger partial charge in [-0.15, -0.1) is 0 Å². The van der Waals surface area contributed by atoms with Crippen LogP contribution < -0.4 is 5.32 Å². The number of nitrogens with one attached hydrogen (secondary N) is 1. The quantitative estimate of drug-likeness (QED) is 0.0320. The molecule has 2 atom stereocenters. The van der Waals surface area contributed by atoms with Crippen molar-refractivity contribution in [3.8, 4) is 0 Å². The molecule has 1 amide bonds. The van der Waals surface area contributed by atoms with Crippen molar-refractivity contribution in [2.45, 2.75) is 418 Å². The second-order valence-corrected chi connectivity index (χ2v) is 24.9. The van der Waals surface area contributed by atoms with Crippen molar-refractivity contribution >= 4 is 11.9 Å². The topological polar surface area (TPSA) is 95.9 Å². The summed E-state index contributed by atoms with van der Waals surface area (Å²) in [5.41, 5.74) is 0. The van der Waals surface area contributed by atoms with Gasteiger partial charge >= 0.3 is 5.97 Å². The first-order valence-electron chi connectivity index (χ1n) is 36.1. The molecule has 0 aliphatic heterocycles. The molecule has 0 aromatic carbocycles. The molecule has 0 saturated carbocycles. The Balaban J connectivity index is 3.32. The van der Waals surface area contributed by atoms with Gasteiger partial charge in [-0.3, -0.25) is 9.59 Å². The first kappa shape index (κ1) is 77.3. The molecule has 468 valence electrons. The first-order valence-corrected chi connectivity index (χ1v) is 36.1. The van der Waals surface area contributed by atoms with E-state index >= 15 is 0 Å². The molecule has 0 spiro atoms. The maximum Gasteiger partial charge on any atom is 0.305 e. The second-order valence-electron chi connectivity index (χ2n) is 24.9. The molecule has 6 heteroatoms. The number of carbonyl (C=O) groups excluding carboxylic acids is 2. The van der Waals surface area contributed by atoms with E-state index in [1.54, 1.807) is 6.08 Å². The lowest BCUT2D eigenvalue weighted by atomic mass is 10.0. The number of allylic oxidation sites excluding steroid dienone is 3. The molecule has 0 rings (SSSR count). The summed E-state index contributed by atoms with van der Waals surface area (Å²) in [4.78, 5) is 24.5. The number of aliphatic hydroxyl groups is 2. The summed E-state index contributed by atoms with van der Waals surface area (Å²) < 4.78 is 5.49. The van der Waals surface area contributed by atoms with E-state index in [1.807, 2.05) is 6.08 Å². The Labute approximate surface area is 494 Å². The molecule has 0 aromatic rings. The zero-order chi connectivity index (χ0) is 57.1. The molecule has 0 saturated heterocycles. The van der Waals surface area contributed by atoms with Gasteiger partial charge in [0.05, 0.1) is 25.4 Å². The summed E-state index contributed by atoms with van der Waals surface area (Å²) in [7, 11) is 0.